The van der Waals surface area contributed by atoms with Gasteiger partial charge in [0.25, 0.3) is 0 Å². The highest BCUT2D eigenvalue weighted by molar-refractivity contribution is 7.16. The summed E-state index contributed by atoms with van der Waals surface area (Å²) in [5.41, 5.74) is 15.6. The first-order chi connectivity index (χ1) is 52.0. The van der Waals surface area contributed by atoms with Gasteiger partial charge in [-0.3, -0.25) is 0 Å². The molecule has 0 bridgehead atoms. The summed E-state index contributed by atoms with van der Waals surface area (Å²) in [5.74, 6) is 0. The Hall–Kier alpha value is -10.9. The summed E-state index contributed by atoms with van der Waals surface area (Å²) >= 11 is 16.1. The topological polar surface area (TPSA) is 150 Å². The van der Waals surface area contributed by atoms with Crippen LogP contribution in [0.3, 0.4) is 0 Å². The smallest absolute Gasteiger partial charge is 0.187 e. The van der Waals surface area contributed by atoms with Gasteiger partial charge in [0.1, 0.15) is 0 Å². The summed E-state index contributed by atoms with van der Waals surface area (Å²) in [6.45, 7) is 20.6. The molecule has 18 aromatic rings. The molecule has 0 unspecified atom stereocenters. The van der Waals surface area contributed by atoms with Gasteiger partial charge in [0.15, 0.2) is 30.8 Å². The number of aromatic nitrogens is 6. The molecule has 6 aromatic heterocycles. The number of rotatable bonds is 12. The van der Waals surface area contributed by atoms with E-state index < -0.39 is 0 Å². The molecule has 107 heavy (non-hydrogen) atoms. The number of aryl methyl sites for hydroxylation is 10. The van der Waals surface area contributed by atoms with Crippen molar-refractivity contribution in [3.05, 3.63) is 318 Å². The van der Waals surface area contributed by atoms with E-state index in [-0.39, 0.29) is 0 Å². The molecule has 18 rings (SSSR count). The van der Waals surface area contributed by atoms with Crippen LogP contribution in [0.1, 0.15) is 55.0 Å². The van der Waals surface area contributed by atoms with E-state index in [1.54, 1.807) is 68.0 Å². The predicted octanol–water partition coefficient (Wildman–Crippen LogP) is 28.0. The van der Waals surface area contributed by atoms with Crippen LogP contribution in [0.4, 0.5) is 64.9 Å². The van der Waals surface area contributed by atoms with Gasteiger partial charge < -0.3 is 31.9 Å². The molecule has 12 aromatic carbocycles. The van der Waals surface area contributed by atoms with Gasteiger partial charge in [0, 0.05) is 108 Å². The highest BCUT2D eigenvalue weighted by atomic mass is 35.5. The molecule has 0 amide bonds. The standard InChI is InChI=1S/C16H16N2S.2C15H14N2S.C14H11ClN2S.2C14H12N2S/c1-10-7-13-5-4-6-15(14(13)8-11(10)2)18-16-17-12(3)9-19-16;2*1-10-11(2)18-15(16-10)17-14-9-5-7-12-6-3-4-8-13(12)14;1-9-8-18-14(16-9)17-13-7-6-12(15)10-4-2-3-5-11(10)13;2*1-10-9-17-14(15-10)16-13-8-4-6-11-5-2-3-7-12(11)13/h4-9H,1-3H3,(H,17,18);2*3-9H,1-2H3,(H,16,17);2-8H,1H3,(H,16,17);2*2-9H,1H3,(H,15,16). The molecule has 0 aliphatic rings. The molecule has 0 radical (unpaired) electrons. The van der Waals surface area contributed by atoms with Gasteiger partial charge in [-0.1, -0.05) is 200 Å². The number of nitrogens with zero attached hydrogens (tertiary/aromatic N) is 6. The average Bonchev–Trinajstić information content (AvgIpc) is 1.33. The number of anilines is 12. The summed E-state index contributed by atoms with van der Waals surface area (Å²) in [7, 11) is 0. The fraction of sp³-hybridized carbons (Fsp3) is 0.114. The molecule has 0 aliphatic carbocycles. The van der Waals surface area contributed by atoms with E-state index in [0.29, 0.717) is 0 Å². The van der Waals surface area contributed by atoms with E-state index in [1.165, 1.54) is 74.7 Å². The van der Waals surface area contributed by atoms with Crippen molar-refractivity contribution >= 4 is 209 Å². The van der Waals surface area contributed by atoms with E-state index >= 15 is 0 Å². The molecule has 0 saturated heterocycles. The van der Waals surface area contributed by atoms with Crippen molar-refractivity contribution in [3.8, 4) is 0 Å². The van der Waals surface area contributed by atoms with Crippen LogP contribution in [0, 0.1) is 69.2 Å². The zero-order valence-corrected chi connectivity index (χ0v) is 66.5. The van der Waals surface area contributed by atoms with Crippen LogP contribution >= 0.6 is 79.6 Å². The van der Waals surface area contributed by atoms with Crippen LogP contribution in [0.5, 0.6) is 0 Å². The van der Waals surface area contributed by atoms with Crippen LogP contribution in [0.25, 0.3) is 64.6 Å². The maximum absolute atomic E-state index is 6.20. The summed E-state index contributed by atoms with van der Waals surface area (Å²) in [5, 5.41) is 49.5. The first-order valence-electron chi connectivity index (χ1n) is 34.8. The molecule has 0 atom stereocenters. The third-order valence-corrected chi connectivity index (χ3v) is 23.3. The normalized spacial score (nSPS) is 10.8. The maximum atomic E-state index is 6.20. The Bertz CT molecular complexity index is 5770. The fourth-order valence-corrected chi connectivity index (χ4v) is 16.4. The highest BCUT2D eigenvalue weighted by Gasteiger charge is 2.12. The van der Waals surface area contributed by atoms with Crippen LogP contribution < -0.4 is 31.9 Å². The lowest BCUT2D eigenvalue weighted by molar-refractivity contribution is 1.23. The van der Waals surface area contributed by atoms with Crippen molar-refractivity contribution in [2.75, 3.05) is 31.9 Å². The van der Waals surface area contributed by atoms with Crippen molar-refractivity contribution in [2.24, 2.45) is 0 Å². The van der Waals surface area contributed by atoms with Crippen molar-refractivity contribution in [1.82, 2.24) is 29.9 Å². The second-order valence-electron chi connectivity index (χ2n) is 25.5. The van der Waals surface area contributed by atoms with Gasteiger partial charge in [-0.2, -0.15) is 0 Å². The van der Waals surface area contributed by atoms with Crippen molar-refractivity contribution in [3.63, 3.8) is 0 Å². The van der Waals surface area contributed by atoms with Gasteiger partial charge in [0.05, 0.1) is 34.2 Å². The van der Waals surface area contributed by atoms with E-state index in [4.69, 9.17) is 11.6 Å². The molecular weight excluding hydrogens is 1450 g/mol. The second kappa shape index (κ2) is 35.0. The lowest BCUT2D eigenvalue weighted by Crippen LogP contribution is -1.92. The second-order valence-corrected chi connectivity index (χ2v) is 31.7. The fourth-order valence-electron chi connectivity index (χ4n) is 11.8. The van der Waals surface area contributed by atoms with Crippen LogP contribution in [0.15, 0.2) is 258 Å². The Labute approximate surface area is 653 Å². The Kier molecular flexibility index (Phi) is 24.3. The summed E-state index contributed by atoms with van der Waals surface area (Å²) in [6, 6.07) is 81.4. The summed E-state index contributed by atoms with van der Waals surface area (Å²) in [4.78, 5) is 29.3. The Morgan fingerprint density at radius 3 is 0.832 bits per heavy atom. The summed E-state index contributed by atoms with van der Waals surface area (Å²) in [6.07, 6.45) is 0. The monoisotopic (exact) mass is 1530 g/mol. The molecule has 0 saturated carbocycles. The Morgan fingerprint density at radius 2 is 0.514 bits per heavy atom. The Balaban J connectivity index is 0.000000113. The van der Waals surface area contributed by atoms with Gasteiger partial charge >= 0.3 is 0 Å². The van der Waals surface area contributed by atoms with Gasteiger partial charge in [-0.15, -0.1) is 68.0 Å². The lowest BCUT2D eigenvalue weighted by atomic mass is 10.0. The van der Waals surface area contributed by atoms with Crippen molar-refractivity contribution in [1.29, 1.82) is 0 Å². The minimum atomic E-state index is 0.770. The quantitative estimate of drug-likeness (QED) is 0.0691. The SMILES string of the molecule is Cc1csc(Nc2ccc(Cl)c3ccccc23)n1.Cc1csc(Nc2cccc3cc(C)c(C)cc23)n1.Cc1csc(Nc2cccc3ccccc23)n1.Cc1csc(Nc2cccc3ccccc23)n1.Cc1nc(Nc2cccc3ccccc23)sc1C.Cc1nc(Nc2cccc3ccccc23)sc1C. The molecule has 0 spiro atoms. The Morgan fingerprint density at radius 1 is 0.243 bits per heavy atom. The van der Waals surface area contributed by atoms with E-state index in [2.05, 4.69) is 301 Å². The van der Waals surface area contributed by atoms with Gasteiger partial charge in [-0.25, -0.2) is 29.9 Å². The maximum Gasteiger partial charge on any atom is 0.187 e. The lowest BCUT2D eigenvalue weighted by Gasteiger charge is -2.10. The molecule has 0 fully saturated rings. The molecule has 0 aliphatic heterocycles. The van der Waals surface area contributed by atoms with Crippen LogP contribution in [-0.2, 0) is 0 Å². The van der Waals surface area contributed by atoms with Crippen LogP contribution in [0.2, 0.25) is 5.02 Å². The minimum Gasteiger partial charge on any atom is -0.331 e. The number of thiazole rings is 6. The number of hydrogen-bond donors (Lipinski definition) is 6. The third kappa shape index (κ3) is 19.2. The average molecular weight is 1530 g/mol. The molecule has 534 valence electrons. The minimum absolute atomic E-state index is 0.770. The van der Waals surface area contributed by atoms with E-state index in [9.17, 15) is 0 Å². The van der Waals surface area contributed by atoms with Crippen molar-refractivity contribution < 1.29 is 0 Å². The largest absolute Gasteiger partial charge is 0.331 e. The van der Waals surface area contributed by atoms with Gasteiger partial charge in [-0.05, 0) is 156 Å². The first-order valence-corrected chi connectivity index (χ1v) is 40.3. The number of fused-ring (bicyclic) bond motifs is 6. The van der Waals surface area contributed by atoms with E-state index in [1.807, 2.05) is 88.0 Å². The summed E-state index contributed by atoms with van der Waals surface area (Å²) < 4.78 is 0. The molecule has 6 heterocycles. The molecular formula is C88H79ClN12S6. The first kappa shape index (κ1) is 74.3. The zero-order valence-electron chi connectivity index (χ0n) is 60.8. The predicted molar refractivity (Wildman–Crippen MR) is 468 cm³/mol. The van der Waals surface area contributed by atoms with Crippen molar-refractivity contribution in [2.45, 2.75) is 69.2 Å². The molecule has 19 heteroatoms. The molecule has 6 N–H and O–H groups in total. The van der Waals surface area contributed by atoms with Crippen LogP contribution in [-0.4, -0.2) is 29.9 Å². The van der Waals surface area contributed by atoms with E-state index in [0.717, 1.165) is 115 Å². The zero-order chi connectivity index (χ0) is 74.3. The highest BCUT2D eigenvalue weighted by Crippen LogP contribution is 2.37. The van der Waals surface area contributed by atoms with Gasteiger partial charge in [0.2, 0.25) is 0 Å². The number of benzene rings is 12. The number of hydrogen-bond acceptors (Lipinski definition) is 18. The number of halogens is 1. The third-order valence-electron chi connectivity index (χ3n) is 17.5. The number of nitrogens with one attached hydrogen (secondary N) is 6. The molecule has 12 nitrogen and oxygen atoms in total.